The van der Waals surface area contributed by atoms with Gasteiger partial charge in [-0.05, 0) is 89.9 Å². The normalized spacial score (nSPS) is 12.4. The predicted octanol–water partition coefficient (Wildman–Crippen LogP) is 17.9. The van der Waals surface area contributed by atoms with Gasteiger partial charge >= 0.3 is 17.9 Å². The molecule has 0 heterocycles. The average molecular weight is 883 g/mol. The van der Waals surface area contributed by atoms with Gasteiger partial charge in [0.25, 0.3) is 0 Å². The second-order valence-corrected chi connectivity index (χ2v) is 18.1. The summed E-state index contributed by atoms with van der Waals surface area (Å²) in [6.45, 7) is 6.57. The highest BCUT2D eigenvalue weighted by molar-refractivity contribution is 5.71. The number of esters is 3. The quantitative estimate of drug-likeness (QED) is 0.0262. The highest BCUT2D eigenvalue weighted by Gasteiger charge is 2.19. The van der Waals surface area contributed by atoms with Crippen LogP contribution < -0.4 is 0 Å². The van der Waals surface area contributed by atoms with Gasteiger partial charge in [-0.3, -0.25) is 14.4 Å². The standard InChI is InChI=1S/C57H102O6/c1-4-7-10-13-16-19-22-25-26-27-28-29-30-33-35-38-41-44-47-50-56(59)62-53-54(63-57(60)51-48-45-42-39-36-32-24-21-18-15-12-9-6-3)52-61-55(58)49-46-43-40-37-34-31-23-20-17-14-11-8-5-2/h27-28,31-32,34,36,42,45,54H,4-26,29-30,33,35,37-41,43-44,46-53H2,1-3H3/b28-27-,34-31-,36-32-,45-42-. The Bertz CT molecular complexity index is 1110. The minimum atomic E-state index is -0.809. The summed E-state index contributed by atoms with van der Waals surface area (Å²) in [5.74, 6) is -0.983. The zero-order valence-electron chi connectivity index (χ0n) is 41.8. The fraction of sp³-hybridized carbons (Fsp3) is 0.807. The van der Waals surface area contributed by atoms with E-state index in [1.165, 1.54) is 167 Å². The van der Waals surface area contributed by atoms with Crippen LogP contribution in [0.25, 0.3) is 0 Å². The first-order valence-electron chi connectivity index (χ1n) is 27.1. The number of hydrogen-bond acceptors (Lipinski definition) is 6. The number of carbonyl (C=O) groups excluding carboxylic acids is 3. The Morgan fingerprint density at radius 2 is 0.603 bits per heavy atom. The molecule has 63 heavy (non-hydrogen) atoms. The van der Waals surface area contributed by atoms with Crippen molar-refractivity contribution >= 4 is 17.9 Å². The number of rotatable bonds is 49. The minimum Gasteiger partial charge on any atom is -0.462 e. The molecule has 0 N–H and O–H groups in total. The van der Waals surface area contributed by atoms with Crippen molar-refractivity contribution < 1.29 is 28.6 Å². The van der Waals surface area contributed by atoms with E-state index in [0.29, 0.717) is 19.3 Å². The van der Waals surface area contributed by atoms with E-state index < -0.39 is 6.10 Å². The molecule has 0 aromatic rings. The molecule has 0 amide bonds. The first-order chi connectivity index (χ1) is 31.0. The maximum atomic E-state index is 12.8. The number of allylic oxidation sites excluding steroid dienone is 8. The van der Waals surface area contributed by atoms with E-state index in [2.05, 4.69) is 63.3 Å². The molecular formula is C57H102O6. The molecule has 0 saturated carbocycles. The summed E-state index contributed by atoms with van der Waals surface area (Å²) in [5, 5.41) is 0. The molecule has 1 atom stereocenters. The molecule has 0 aliphatic heterocycles. The lowest BCUT2D eigenvalue weighted by atomic mass is 10.1. The maximum Gasteiger partial charge on any atom is 0.306 e. The molecule has 6 nitrogen and oxygen atoms in total. The molecular weight excluding hydrogens is 781 g/mol. The van der Waals surface area contributed by atoms with E-state index in [-0.39, 0.29) is 37.5 Å². The highest BCUT2D eigenvalue weighted by atomic mass is 16.6. The summed E-state index contributed by atoms with van der Waals surface area (Å²) >= 11 is 0. The fourth-order valence-electron chi connectivity index (χ4n) is 7.66. The number of hydrogen-bond donors (Lipinski definition) is 0. The molecule has 0 aromatic heterocycles. The van der Waals surface area contributed by atoms with Crippen molar-refractivity contribution in [2.24, 2.45) is 0 Å². The fourth-order valence-corrected chi connectivity index (χ4v) is 7.66. The molecule has 0 aromatic carbocycles. The van der Waals surface area contributed by atoms with E-state index in [9.17, 15) is 14.4 Å². The van der Waals surface area contributed by atoms with Gasteiger partial charge in [0.2, 0.25) is 0 Å². The average Bonchev–Trinajstić information content (AvgIpc) is 3.28. The third-order valence-electron chi connectivity index (χ3n) is 11.8. The van der Waals surface area contributed by atoms with Crippen LogP contribution in [0.1, 0.15) is 278 Å². The van der Waals surface area contributed by atoms with Crippen LogP contribution in [-0.2, 0) is 28.6 Å². The van der Waals surface area contributed by atoms with E-state index in [1.54, 1.807) is 0 Å². The van der Waals surface area contributed by atoms with Crippen molar-refractivity contribution in [3.63, 3.8) is 0 Å². The van der Waals surface area contributed by atoms with E-state index in [0.717, 1.165) is 64.2 Å². The third kappa shape index (κ3) is 50.2. The van der Waals surface area contributed by atoms with E-state index >= 15 is 0 Å². The first kappa shape index (κ1) is 60.4. The van der Waals surface area contributed by atoms with Crippen molar-refractivity contribution in [3.05, 3.63) is 48.6 Å². The monoisotopic (exact) mass is 883 g/mol. The Kier molecular flexibility index (Phi) is 49.8. The van der Waals surface area contributed by atoms with Crippen LogP contribution in [-0.4, -0.2) is 37.2 Å². The SMILES string of the molecule is CCCCCCCC/C=C\C/C=C\CCC(=O)OC(COC(=O)CCCCC/C=C\CCCCCCCC)COC(=O)CCCCCCCCC/C=C\CCCCCCCCCC. The second-order valence-electron chi connectivity index (χ2n) is 18.1. The lowest BCUT2D eigenvalue weighted by molar-refractivity contribution is -0.166. The van der Waals surface area contributed by atoms with Gasteiger partial charge in [-0.25, -0.2) is 0 Å². The number of unbranched alkanes of at least 4 members (excludes halogenated alkanes) is 30. The van der Waals surface area contributed by atoms with Gasteiger partial charge in [0.05, 0.1) is 0 Å². The molecule has 0 bridgehead atoms. The topological polar surface area (TPSA) is 78.9 Å². The second kappa shape index (κ2) is 52.0. The lowest BCUT2D eigenvalue weighted by Gasteiger charge is -2.18. The van der Waals surface area contributed by atoms with Crippen LogP contribution in [0, 0.1) is 0 Å². The van der Waals surface area contributed by atoms with Crippen molar-refractivity contribution in [1.82, 2.24) is 0 Å². The molecule has 6 heteroatoms. The van der Waals surface area contributed by atoms with E-state index in [1.807, 2.05) is 6.08 Å². The van der Waals surface area contributed by atoms with Crippen molar-refractivity contribution in [3.8, 4) is 0 Å². The van der Waals surface area contributed by atoms with Crippen molar-refractivity contribution in [2.75, 3.05) is 13.2 Å². The predicted molar refractivity (Wildman–Crippen MR) is 270 cm³/mol. The largest absolute Gasteiger partial charge is 0.462 e. The Balaban J connectivity index is 4.40. The molecule has 0 saturated heterocycles. The highest BCUT2D eigenvalue weighted by Crippen LogP contribution is 2.14. The van der Waals surface area contributed by atoms with Gasteiger partial charge in [0, 0.05) is 19.3 Å². The molecule has 366 valence electrons. The summed E-state index contributed by atoms with van der Waals surface area (Å²) in [4.78, 5) is 37.9. The maximum absolute atomic E-state index is 12.8. The number of carbonyl (C=O) groups is 3. The Labute approximate surface area is 390 Å². The number of ether oxygens (including phenoxy) is 3. The molecule has 0 fully saturated rings. The molecule has 0 aliphatic rings. The Hall–Kier alpha value is -2.63. The van der Waals surface area contributed by atoms with Crippen molar-refractivity contribution in [2.45, 2.75) is 284 Å². The Morgan fingerprint density at radius 3 is 0.968 bits per heavy atom. The van der Waals surface area contributed by atoms with E-state index in [4.69, 9.17) is 14.2 Å². The van der Waals surface area contributed by atoms with Crippen LogP contribution in [0.15, 0.2) is 48.6 Å². The molecule has 0 rings (SSSR count). The summed E-state index contributed by atoms with van der Waals surface area (Å²) in [6.07, 6.45) is 62.6. The van der Waals surface area contributed by atoms with Crippen LogP contribution >= 0.6 is 0 Å². The smallest absolute Gasteiger partial charge is 0.306 e. The molecule has 0 aliphatic carbocycles. The molecule has 1 unspecified atom stereocenters. The molecule has 0 radical (unpaired) electrons. The van der Waals surface area contributed by atoms with Gasteiger partial charge < -0.3 is 14.2 Å². The summed E-state index contributed by atoms with van der Waals surface area (Å²) in [5.41, 5.74) is 0. The summed E-state index contributed by atoms with van der Waals surface area (Å²) < 4.78 is 16.7. The Morgan fingerprint density at radius 1 is 0.317 bits per heavy atom. The summed E-state index contributed by atoms with van der Waals surface area (Å²) in [7, 11) is 0. The van der Waals surface area contributed by atoms with Gasteiger partial charge in [0.15, 0.2) is 6.10 Å². The zero-order chi connectivity index (χ0) is 45.8. The first-order valence-corrected chi connectivity index (χ1v) is 27.1. The van der Waals surface area contributed by atoms with Crippen LogP contribution in [0.3, 0.4) is 0 Å². The molecule has 0 spiro atoms. The lowest BCUT2D eigenvalue weighted by Crippen LogP contribution is -2.30. The zero-order valence-corrected chi connectivity index (χ0v) is 41.8. The van der Waals surface area contributed by atoms with Gasteiger partial charge in [0.1, 0.15) is 13.2 Å². The third-order valence-corrected chi connectivity index (χ3v) is 11.8. The summed E-state index contributed by atoms with van der Waals surface area (Å²) in [6, 6.07) is 0. The van der Waals surface area contributed by atoms with Crippen LogP contribution in [0.4, 0.5) is 0 Å². The van der Waals surface area contributed by atoms with Crippen molar-refractivity contribution in [1.29, 1.82) is 0 Å². The minimum absolute atomic E-state index is 0.101. The van der Waals surface area contributed by atoms with Crippen LogP contribution in [0.2, 0.25) is 0 Å². The van der Waals surface area contributed by atoms with Gasteiger partial charge in [-0.1, -0.05) is 217 Å². The van der Waals surface area contributed by atoms with Crippen LogP contribution in [0.5, 0.6) is 0 Å². The van der Waals surface area contributed by atoms with Gasteiger partial charge in [-0.15, -0.1) is 0 Å². The van der Waals surface area contributed by atoms with Gasteiger partial charge in [-0.2, -0.15) is 0 Å².